The third kappa shape index (κ3) is 2.34. The van der Waals surface area contributed by atoms with Crippen LogP contribution in [0.1, 0.15) is 30.6 Å². The number of Topliss-reactive ketones (excluding diaryl/α,β-unsaturated/α-hetero) is 1. The number of methoxy groups -OCH3 is 1. The molecule has 3 aliphatic rings. The van der Waals surface area contributed by atoms with Gasteiger partial charge < -0.3 is 14.0 Å². The number of benzene rings is 1. The van der Waals surface area contributed by atoms with Crippen LogP contribution < -0.4 is 4.74 Å². The number of aromatic nitrogens is 1. The molecule has 0 radical (unpaired) electrons. The number of hydrogen-bond donors (Lipinski definition) is 0. The van der Waals surface area contributed by atoms with Crippen molar-refractivity contribution >= 4 is 16.7 Å². The monoisotopic (exact) mass is 368 g/mol. The minimum Gasteiger partial charge on any atom is -0.497 e. The van der Waals surface area contributed by atoms with Crippen LogP contribution in [0.3, 0.4) is 0 Å². The second kappa shape index (κ2) is 6.08. The van der Waals surface area contributed by atoms with Crippen molar-refractivity contribution < 1.29 is 14.3 Å². The number of ketones is 1. The second-order valence-corrected chi connectivity index (χ2v) is 8.58. The van der Waals surface area contributed by atoms with Crippen molar-refractivity contribution in [2.24, 2.45) is 24.8 Å². The van der Waals surface area contributed by atoms with Gasteiger partial charge in [-0.3, -0.25) is 9.69 Å². The van der Waals surface area contributed by atoms with Crippen LogP contribution >= 0.6 is 0 Å². The second-order valence-electron chi connectivity index (χ2n) is 8.58. The van der Waals surface area contributed by atoms with Crippen LogP contribution in [0.4, 0.5) is 0 Å². The molecule has 5 rings (SSSR count). The van der Waals surface area contributed by atoms with E-state index in [1.165, 1.54) is 22.2 Å². The fourth-order valence-electron chi connectivity index (χ4n) is 6.08. The predicted molar refractivity (Wildman–Crippen MR) is 104 cm³/mol. The molecule has 1 aromatic heterocycles. The van der Waals surface area contributed by atoms with Crippen LogP contribution in [0.2, 0.25) is 0 Å². The standard InChI is InChI=1S/C22H28N2O3/c1-12(25)17-10-27-11-18-15(17)8-21-22-16(9-20(18)23(21)2)14-6-5-13(26-4)7-19(14)24(22)3/h5-7,15,17-18,20-21H,8-11H2,1-4H3. The van der Waals surface area contributed by atoms with Gasteiger partial charge in [-0.1, -0.05) is 0 Å². The van der Waals surface area contributed by atoms with E-state index in [4.69, 9.17) is 9.47 Å². The quantitative estimate of drug-likeness (QED) is 0.817. The molecule has 27 heavy (non-hydrogen) atoms. The zero-order valence-electron chi connectivity index (χ0n) is 16.6. The number of carbonyl (C=O) groups is 1. The lowest BCUT2D eigenvalue weighted by atomic mass is 9.65. The van der Waals surface area contributed by atoms with E-state index in [9.17, 15) is 4.79 Å². The highest BCUT2D eigenvalue weighted by Crippen LogP contribution is 2.51. The van der Waals surface area contributed by atoms with Gasteiger partial charge in [0.15, 0.2) is 0 Å². The Morgan fingerprint density at radius 2 is 2.04 bits per heavy atom. The van der Waals surface area contributed by atoms with Crippen LogP contribution in [-0.4, -0.2) is 48.7 Å². The summed E-state index contributed by atoms with van der Waals surface area (Å²) >= 11 is 0. The van der Waals surface area contributed by atoms with Gasteiger partial charge in [-0.15, -0.1) is 0 Å². The van der Waals surface area contributed by atoms with Gasteiger partial charge in [0.1, 0.15) is 11.5 Å². The first kappa shape index (κ1) is 17.3. The molecule has 5 unspecified atom stereocenters. The minimum atomic E-state index is 0.0544. The Balaban J connectivity index is 1.65. The smallest absolute Gasteiger partial charge is 0.135 e. The largest absolute Gasteiger partial charge is 0.497 e. The van der Waals surface area contributed by atoms with Crippen molar-refractivity contribution in [3.8, 4) is 5.75 Å². The molecule has 3 aliphatic heterocycles. The van der Waals surface area contributed by atoms with Crippen LogP contribution in [0.15, 0.2) is 18.2 Å². The number of piperidine rings is 1. The van der Waals surface area contributed by atoms with E-state index in [0.717, 1.165) is 25.2 Å². The molecular weight excluding hydrogens is 340 g/mol. The first-order chi connectivity index (χ1) is 13.0. The van der Waals surface area contributed by atoms with Gasteiger partial charge in [0, 0.05) is 42.1 Å². The van der Waals surface area contributed by atoms with Crippen molar-refractivity contribution in [3.63, 3.8) is 0 Å². The number of hydrogen-bond acceptors (Lipinski definition) is 4. The SMILES string of the molecule is COc1ccc2c3c(n(C)c2c1)C1CC2C(C(C)=O)COCC2C(C3)N1C. The molecule has 144 valence electrons. The summed E-state index contributed by atoms with van der Waals surface area (Å²) in [6.45, 7) is 3.11. The summed E-state index contributed by atoms with van der Waals surface area (Å²) in [5.74, 6) is 2.11. The topological polar surface area (TPSA) is 43.7 Å². The number of likely N-dealkylation sites (N-methyl/N-ethyl adjacent to an activating group) is 1. The van der Waals surface area contributed by atoms with Gasteiger partial charge in [0.05, 0.1) is 31.9 Å². The predicted octanol–water partition coefficient (Wildman–Crippen LogP) is 2.96. The molecule has 2 fully saturated rings. The highest BCUT2D eigenvalue weighted by molar-refractivity contribution is 5.87. The summed E-state index contributed by atoms with van der Waals surface area (Å²) in [5.41, 5.74) is 4.14. The van der Waals surface area contributed by atoms with E-state index in [1.54, 1.807) is 14.0 Å². The van der Waals surface area contributed by atoms with Crippen molar-refractivity contribution in [2.45, 2.75) is 31.8 Å². The average molecular weight is 368 g/mol. The zero-order chi connectivity index (χ0) is 18.9. The molecule has 2 bridgehead atoms. The fraction of sp³-hybridized carbons (Fsp3) is 0.591. The summed E-state index contributed by atoms with van der Waals surface area (Å²) in [7, 11) is 6.15. The molecular formula is C22H28N2O3. The minimum absolute atomic E-state index is 0.0544. The van der Waals surface area contributed by atoms with Crippen molar-refractivity contribution in [1.29, 1.82) is 0 Å². The van der Waals surface area contributed by atoms with Gasteiger partial charge in [0.2, 0.25) is 0 Å². The normalized spacial score (nSPS) is 32.8. The van der Waals surface area contributed by atoms with Gasteiger partial charge in [-0.05, 0) is 50.4 Å². The van der Waals surface area contributed by atoms with E-state index in [-0.39, 0.29) is 11.7 Å². The maximum absolute atomic E-state index is 12.3. The Kier molecular flexibility index (Phi) is 3.89. The molecule has 5 atom stereocenters. The average Bonchev–Trinajstić information content (AvgIpc) is 2.93. The number of rotatable bonds is 2. The molecule has 4 heterocycles. The Bertz CT molecular complexity index is 918. The van der Waals surface area contributed by atoms with E-state index >= 15 is 0 Å². The summed E-state index contributed by atoms with van der Waals surface area (Å²) in [4.78, 5) is 14.8. The summed E-state index contributed by atoms with van der Waals surface area (Å²) < 4.78 is 13.7. The summed E-state index contributed by atoms with van der Waals surface area (Å²) in [6.07, 6.45) is 2.07. The Morgan fingerprint density at radius 3 is 2.78 bits per heavy atom. The maximum Gasteiger partial charge on any atom is 0.135 e. The molecule has 0 N–H and O–H groups in total. The van der Waals surface area contributed by atoms with Crippen molar-refractivity contribution in [3.05, 3.63) is 29.5 Å². The first-order valence-corrected chi connectivity index (χ1v) is 9.96. The van der Waals surface area contributed by atoms with E-state index in [0.29, 0.717) is 30.5 Å². The lowest BCUT2D eigenvalue weighted by molar-refractivity contribution is -0.142. The van der Waals surface area contributed by atoms with Gasteiger partial charge >= 0.3 is 0 Å². The number of fused-ring (bicyclic) bond motifs is 8. The first-order valence-electron chi connectivity index (χ1n) is 9.96. The van der Waals surface area contributed by atoms with Crippen molar-refractivity contribution in [2.75, 3.05) is 27.4 Å². The molecule has 0 saturated carbocycles. The van der Waals surface area contributed by atoms with E-state index in [2.05, 4.69) is 41.8 Å². The number of carbonyl (C=O) groups excluding carboxylic acids is 1. The molecule has 5 nitrogen and oxygen atoms in total. The zero-order valence-corrected chi connectivity index (χ0v) is 16.6. The van der Waals surface area contributed by atoms with Crippen LogP contribution in [-0.2, 0) is 23.0 Å². The number of ether oxygens (including phenoxy) is 2. The fourth-order valence-corrected chi connectivity index (χ4v) is 6.08. The lowest BCUT2D eigenvalue weighted by Crippen LogP contribution is -2.58. The van der Waals surface area contributed by atoms with Crippen LogP contribution in [0, 0.1) is 17.8 Å². The highest BCUT2D eigenvalue weighted by Gasteiger charge is 2.51. The van der Waals surface area contributed by atoms with Crippen molar-refractivity contribution in [1.82, 2.24) is 9.47 Å². The molecule has 0 aliphatic carbocycles. The third-order valence-corrected chi connectivity index (χ3v) is 7.49. The number of nitrogens with zero attached hydrogens (tertiary/aromatic N) is 2. The third-order valence-electron chi connectivity index (χ3n) is 7.49. The molecule has 0 amide bonds. The molecule has 2 saturated heterocycles. The highest BCUT2D eigenvalue weighted by atomic mass is 16.5. The Hall–Kier alpha value is -1.85. The summed E-state index contributed by atoms with van der Waals surface area (Å²) in [5, 5.41) is 1.34. The number of aryl methyl sites for hydroxylation is 1. The van der Waals surface area contributed by atoms with E-state index in [1.807, 2.05) is 0 Å². The van der Waals surface area contributed by atoms with Crippen LogP contribution in [0.25, 0.3) is 10.9 Å². The van der Waals surface area contributed by atoms with Crippen LogP contribution in [0.5, 0.6) is 5.75 Å². The van der Waals surface area contributed by atoms with Gasteiger partial charge in [-0.25, -0.2) is 0 Å². The molecule has 5 heteroatoms. The van der Waals surface area contributed by atoms with Gasteiger partial charge in [-0.2, -0.15) is 0 Å². The molecule has 0 spiro atoms. The Morgan fingerprint density at radius 1 is 1.22 bits per heavy atom. The Labute approximate surface area is 160 Å². The molecule has 1 aromatic carbocycles. The van der Waals surface area contributed by atoms with E-state index < -0.39 is 0 Å². The summed E-state index contributed by atoms with van der Waals surface area (Å²) in [6, 6.07) is 7.22. The van der Waals surface area contributed by atoms with Gasteiger partial charge in [0.25, 0.3) is 0 Å². The molecule has 2 aromatic rings. The lowest BCUT2D eigenvalue weighted by Gasteiger charge is -2.54. The maximum atomic E-state index is 12.3.